The largest absolute Gasteiger partial charge is 0.399 e. The first-order valence-corrected chi connectivity index (χ1v) is 40.1. The summed E-state index contributed by atoms with van der Waals surface area (Å²) in [5, 5.41) is 38.9. The molecule has 538 valence electrons. The summed E-state index contributed by atoms with van der Waals surface area (Å²) in [6.45, 7) is 14.2. The van der Waals surface area contributed by atoms with Crippen molar-refractivity contribution in [1.82, 2.24) is 0 Å². The number of halogens is 4. The van der Waals surface area contributed by atoms with Crippen molar-refractivity contribution in [2.45, 2.75) is 220 Å². The van der Waals surface area contributed by atoms with Crippen LogP contribution in [-0.2, 0) is 14.4 Å². The minimum atomic E-state index is -0.457. The lowest BCUT2D eigenvalue weighted by atomic mass is 9.48. The van der Waals surface area contributed by atoms with Crippen molar-refractivity contribution in [3.63, 3.8) is 0 Å². The fourth-order valence-corrected chi connectivity index (χ4v) is 28.6. The van der Waals surface area contributed by atoms with E-state index in [0.717, 1.165) is 145 Å². The number of carbonyl (C=O) groups is 3. The fourth-order valence-electron chi connectivity index (χ4n) is 28.2. The molecule has 0 spiro atoms. The summed E-state index contributed by atoms with van der Waals surface area (Å²) in [7, 11) is 0. The van der Waals surface area contributed by atoms with Gasteiger partial charge in [-0.2, -0.15) is 0 Å². The topological polar surface area (TPSA) is 162 Å². The lowest BCUT2D eigenvalue weighted by Crippen LogP contribution is -2.52. The summed E-state index contributed by atoms with van der Waals surface area (Å²) in [4.78, 5) is 39.7. The summed E-state index contributed by atoms with van der Waals surface area (Å²) in [6, 6.07) is 18.3. The van der Waals surface area contributed by atoms with Crippen molar-refractivity contribution in [3.05, 3.63) is 90.2 Å². The number of rotatable bonds is 10. The Morgan fingerprint density at radius 3 is 0.980 bits per heavy atom. The third kappa shape index (κ3) is 13.1. The van der Waals surface area contributed by atoms with Crippen LogP contribution in [0.25, 0.3) is 0 Å². The van der Waals surface area contributed by atoms with Crippen LogP contribution in [0.15, 0.2) is 72.8 Å². The van der Waals surface area contributed by atoms with Gasteiger partial charge in [0.05, 0.1) is 35.2 Å². The van der Waals surface area contributed by atoms with Crippen LogP contribution in [0.3, 0.4) is 0 Å². The van der Waals surface area contributed by atoms with E-state index in [9.17, 15) is 42.9 Å². The second-order valence-electron chi connectivity index (χ2n) is 37.3. The molecule has 0 aliphatic heterocycles. The van der Waals surface area contributed by atoms with Crippen LogP contribution < -0.4 is 16.4 Å². The molecule has 3 aromatic carbocycles. The van der Waals surface area contributed by atoms with Crippen molar-refractivity contribution in [3.8, 4) is 0 Å². The number of aliphatic hydroxyl groups is 3. The minimum Gasteiger partial charge on any atom is -0.399 e. The smallest absolute Gasteiger partial charge is 0.155 e. The lowest BCUT2D eigenvalue weighted by Gasteiger charge is -2.57. The van der Waals surface area contributed by atoms with E-state index in [1.165, 1.54) is 164 Å². The highest BCUT2D eigenvalue weighted by Crippen LogP contribution is 2.78. The van der Waals surface area contributed by atoms with Crippen molar-refractivity contribution >= 4 is 50.3 Å². The van der Waals surface area contributed by atoms with Crippen molar-refractivity contribution in [2.24, 2.45) is 158 Å². The highest BCUT2D eigenvalue weighted by atomic mass is 79.9. The number of anilines is 3. The molecule has 13 heteroatoms. The molecule has 0 amide bonds. The molecule has 3 aromatic rings. The van der Waals surface area contributed by atoms with Crippen molar-refractivity contribution in [2.75, 3.05) is 34.8 Å². The van der Waals surface area contributed by atoms with Gasteiger partial charge in [0.1, 0.15) is 23.2 Å². The van der Waals surface area contributed by atoms with E-state index in [-0.39, 0.29) is 53.0 Å². The van der Waals surface area contributed by atoms with Crippen LogP contribution in [0.1, 0.15) is 203 Å². The maximum atomic E-state index is 13.5. The van der Waals surface area contributed by atoms with Gasteiger partial charge in [-0.3, -0.25) is 14.4 Å². The van der Waals surface area contributed by atoms with Gasteiger partial charge in [0.25, 0.3) is 0 Å². The van der Waals surface area contributed by atoms with Gasteiger partial charge in [-0.15, -0.1) is 0 Å². The van der Waals surface area contributed by atoms with Gasteiger partial charge in [-0.05, 0) is 388 Å². The predicted octanol–water partition coefficient (Wildman–Crippen LogP) is 18.2. The van der Waals surface area contributed by atoms with Crippen LogP contribution in [0, 0.1) is 176 Å². The van der Waals surface area contributed by atoms with E-state index >= 15 is 0 Å². The molecule has 15 aliphatic rings. The number of carbonyl (C=O) groups excluding carboxylic acids is 3. The van der Waals surface area contributed by atoms with Crippen molar-refractivity contribution < 1.29 is 42.9 Å². The van der Waals surface area contributed by atoms with Gasteiger partial charge in [-0.1, -0.05) is 44.1 Å². The highest BCUT2D eigenvalue weighted by molar-refractivity contribution is 9.09. The molecule has 7 N–H and O–H groups in total. The average molecular weight is 1420 g/mol. The number of Topliss-reactive ketones (excluding diaryl/α,β-unsaturated/α-hetero) is 3. The number of nitrogen functional groups attached to an aromatic ring is 1. The summed E-state index contributed by atoms with van der Waals surface area (Å²) in [5.74, 6) is 17.3. The molecule has 0 bridgehead atoms. The molecule has 15 aliphatic carbocycles. The molecule has 98 heavy (non-hydrogen) atoms. The Bertz CT molecular complexity index is 3210. The zero-order valence-electron chi connectivity index (χ0n) is 59.0. The van der Waals surface area contributed by atoms with E-state index in [0.29, 0.717) is 77.0 Å². The third-order valence-electron chi connectivity index (χ3n) is 31.7. The second-order valence-corrected chi connectivity index (χ2v) is 37.9. The van der Waals surface area contributed by atoms with Crippen LogP contribution in [0.5, 0.6) is 0 Å². The van der Waals surface area contributed by atoms with Crippen LogP contribution in [-0.4, -0.2) is 67.9 Å². The Morgan fingerprint density at radius 2 is 0.684 bits per heavy atom. The lowest BCUT2D eigenvalue weighted by molar-refractivity contribution is -0.134. The Labute approximate surface area is 593 Å². The third-order valence-corrected chi connectivity index (χ3v) is 32.3. The fraction of sp³-hybridized carbons (Fsp3) is 0.753. The van der Waals surface area contributed by atoms with Gasteiger partial charge in [-0.25, -0.2) is 13.2 Å². The zero-order valence-corrected chi connectivity index (χ0v) is 60.6. The number of benzene rings is 3. The number of alkyl halides is 1. The first kappa shape index (κ1) is 71.2. The van der Waals surface area contributed by atoms with Gasteiger partial charge in [0.2, 0.25) is 0 Å². The summed E-state index contributed by atoms with van der Waals surface area (Å²) in [6.07, 6.45) is 28.8. The first-order chi connectivity index (χ1) is 46.2. The standard InChI is InChI=1S/2C28H38FNO2.C22H33BrO2.C6H6FN.CH4/c2*1-27(32)11-9-19-16(14-27)3-8-21-20(19)10-12-28(2)25(21)22-13-23(22)26(28)24(31)15-30-18-6-4-17(29)5-7-18;1-21(25)7-5-13-12(10-21)3-4-15-14(13)6-8-22(2)19(15)16-9-17(16)20(22)18(24)11-23;7-5-1-3-6(8)4-2-5;/h2*4-7,16,19-23,25-26,30,32H,3,8-15H2,1-2H3;12-17,19-20,25H,3-11H2,1-2H3;1-4H,8H2;1H4/t2*16-,19+,20-,21-,22-,23+,25-,26-,27-,28+;12-,13+,14-,15-,16-,17+,19-,20-,21-,22+;;/m111../s1. The number of hydrogen-bond acceptors (Lipinski definition) is 9. The molecule has 18 rings (SSSR count). The van der Waals surface area contributed by atoms with E-state index in [1.54, 1.807) is 24.3 Å². The monoisotopic (exact) mass is 1410 g/mol. The molecular formula is C85H119BrF3N3O6. The predicted molar refractivity (Wildman–Crippen MR) is 387 cm³/mol. The Hall–Kier alpha value is -3.78. The number of nitrogens with one attached hydrogen (secondary N) is 2. The Morgan fingerprint density at radius 1 is 0.398 bits per heavy atom. The number of ketones is 3. The molecule has 15 saturated carbocycles. The van der Waals surface area contributed by atoms with Gasteiger partial charge in [0, 0.05) is 34.8 Å². The van der Waals surface area contributed by atoms with Crippen molar-refractivity contribution in [1.29, 1.82) is 0 Å². The van der Waals surface area contributed by atoms with Gasteiger partial charge in [0.15, 0.2) is 11.6 Å². The van der Waals surface area contributed by atoms with E-state index in [1.807, 2.05) is 13.8 Å². The average Bonchev–Trinajstić information content (AvgIpc) is 1.54. The molecule has 15 fully saturated rings. The molecule has 0 heterocycles. The molecular weight excluding hydrogens is 1300 g/mol. The first-order valence-electron chi connectivity index (χ1n) is 39.0. The minimum absolute atomic E-state index is 0. The Balaban J connectivity index is 0.000000119. The summed E-state index contributed by atoms with van der Waals surface area (Å²) < 4.78 is 38.4. The molecule has 0 unspecified atom stereocenters. The molecule has 30 atom stereocenters. The number of hydrogen-bond donors (Lipinski definition) is 6. The SMILES string of the molecule is C.C[C@@]1(O)CC[C@H]2[C@H](CC[C@@H]3[C@@H]2CC[C@@]2(C)[C@H]3[C@@H]3C[C@@H]3[C@@H]2C(=O)CBr)C1.C[C@@]1(O)CC[C@H]2[C@H](CC[C@@H]3[C@@H]2CC[C@@]2(C)[C@H]3[C@@H]3C[C@@H]3[C@@H]2C(=O)CNc2ccc(F)cc2)C1.C[C@@]1(O)CC[C@H]2[C@H](CC[C@@H]3[C@@H]2CC[C@@]2(C)[C@H]3[C@@H]3C[C@@H]3[C@@H]2C(=O)CNc2ccc(F)cc2)C1.Nc1ccc(F)cc1. The molecule has 0 radical (unpaired) electrons. The number of nitrogens with two attached hydrogens (primary N) is 1. The molecule has 0 aromatic heterocycles. The van der Waals surface area contributed by atoms with E-state index in [4.69, 9.17) is 5.73 Å². The van der Waals surface area contributed by atoms with E-state index < -0.39 is 16.8 Å². The Kier molecular flexibility index (Phi) is 19.4. The number of fused-ring (bicyclic) bond motifs is 21. The zero-order chi connectivity index (χ0) is 68.0. The van der Waals surface area contributed by atoms with Gasteiger partial charge >= 0.3 is 0 Å². The van der Waals surface area contributed by atoms with Gasteiger partial charge < -0.3 is 31.7 Å². The maximum Gasteiger partial charge on any atom is 0.155 e. The second kappa shape index (κ2) is 26.7. The van der Waals surface area contributed by atoms with E-state index in [2.05, 4.69) is 54.3 Å². The molecule has 9 nitrogen and oxygen atoms in total. The molecule has 0 saturated heterocycles. The quantitative estimate of drug-likeness (QED) is 0.0857. The summed E-state index contributed by atoms with van der Waals surface area (Å²) in [5.41, 5.74) is 6.76. The maximum absolute atomic E-state index is 13.5. The highest BCUT2D eigenvalue weighted by Gasteiger charge is 2.74. The van der Waals surface area contributed by atoms with Crippen LogP contribution in [0.2, 0.25) is 0 Å². The van der Waals surface area contributed by atoms with Crippen LogP contribution in [0.4, 0.5) is 30.2 Å². The van der Waals surface area contributed by atoms with Crippen LogP contribution >= 0.6 is 15.9 Å². The summed E-state index contributed by atoms with van der Waals surface area (Å²) >= 11 is 3.46. The normalized spacial score (nSPS) is 47.7.